The first kappa shape index (κ1) is 7.39. The van der Waals surface area contributed by atoms with Crippen LogP contribution in [0.25, 0.3) is 0 Å². The average molecular weight is 137 g/mol. The Labute approximate surface area is 63.0 Å². The molecule has 0 aromatic rings. The van der Waals surface area contributed by atoms with Gasteiger partial charge in [0.2, 0.25) is 0 Å². The molecule has 0 amide bonds. The van der Waals surface area contributed by atoms with Gasteiger partial charge in [-0.1, -0.05) is 19.1 Å². The van der Waals surface area contributed by atoms with Crippen molar-refractivity contribution < 1.29 is 0 Å². The minimum atomic E-state index is 0.682. The number of allylic oxidation sites excluding steroid dienone is 2. The summed E-state index contributed by atoms with van der Waals surface area (Å²) in [6, 6.07) is 0.682. The third kappa shape index (κ3) is 1.63. The standard InChI is InChI=1S/C9H15N/c1-3-9(2)10-7-5-4-6-8-10/h4-7,9H,3,8H2,1-2H3. The van der Waals surface area contributed by atoms with E-state index in [9.17, 15) is 0 Å². The molecular formula is C9H15N. The molecule has 0 spiro atoms. The highest BCUT2D eigenvalue weighted by Gasteiger charge is 2.05. The van der Waals surface area contributed by atoms with Crippen molar-refractivity contribution in [1.29, 1.82) is 0 Å². The maximum Gasteiger partial charge on any atom is 0.0360 e. The topological polar surface area (TPSA) is 3.24 Å². The highest BCUT2D eigenvalue weighted by Crippen LogP contribution is 2.06. The van der Waals surface area contributed by atoms with Crippen LogP contribution in [0.2, 0.25) is 0 Å². The third-order valence-corrected chi connectivity index (χ3v) is 2.00. The maximum atomic E-state index is 2.35. The fourth-order valence-corrected chi connectivity index (χ4v) is 1.04. The number of rotatable bonds is 2. The first-order chi connectivity index (χ1) is 4.84. The van der Waals surface area contributed by atoms with Crippen LogP contribution in [0, 0.1) is 0 Å². The zero-order valence-corrected chi connectivity index (χ0v) is 6.75. The van der Waals surface area contributed by atoms with Crippen molar-refractivity contribution in [2.75, 3.05) is 6.54 Å². The summed E-state index contributed by atoms with van der Waals surface area (Å²) in [4.78, 5) is 2.35. The van der Waals surface area contributed by atoms with Crippen molar-refractivity contribution >= 4 is 0 Å². The largest absolute Gasteiger partial charge is 0.371 e. The zero-order valence-electron chi connectivity index (χ0n) is 6.75. The molecule has 1 aliphatic heterocycles. The lowest BCUT2D eigenvalue weighted by Gasteiger charge is -2.26. The van der Waals surface area contributed by atoms with Crippen LogP contribution in [0.15, 0.2) is 24.4 Å². The van der Waals surface area contributed by atoms with Crippen LogP contribution < -0.4 is 0 Å². The van der Waals surface area contributed by atoms with Gasteiger partial charge in [0.15, 0.2) is 0 Å². The van der Waals surface area contributed by atoms with Crippen LogP contribution in [-0.4, -0.2) is 17.5 Å². The van der Waals surface area contributed by atoms with Crippen molar-refractivity contribution in [3.05, 3.63) is 24.4 Å². The molecule has 1 aliphatic rings. The Bertz CT molecular complexity index is 147. The average Bonchev–Trinajstić information content (AvgIpc) is 2.05. The van der Waals surface area contributed by atoms with Crippen LogP contribution in [0.4, 0.5) is 0 Å². The van der Waals surface area contributed by atoms with E-state index in [0.717, 1.165) is 6.54 Å². The van der Waals surface area contributed by atoms with Gasteiger partial charge in [0, 0.05) is 12.6 Å². The molecule has 1 heterocycles. The normalized spacial score (nSPS) is 19.6. The van der Waals surface area contributed by atoms with Crippen LogP contribution in [0.5, 0.6) is 0 Å². The van der Waals surface area contributed by atoms with Gasteiger partial charge in [0.1, 0.15) is 0 Å². The van der Waals surface area contributed by atoms with Crippen LogP contribution in [0.3, 0.4) is 0 Å². The minimum Gasteiger partial charge on any atom is -0.371 e. The molecule has 0 saturated heterocycles. The fraction of sp³-hybridized carbons (Fsp3) is 0.556. The highest BCUT2D eigenvalue weighted by molar-refractivity contribution is 5.09. The Morgan fingerprint density at radius 1 is 1.50 bits per heavy atom. The summed E-state index contributed by atoms with van der Waals surface area (Å²) in [6.07, 6.45) is 9.76. The molecule has 0 saturated carbocycles. The lowest BCUT2D eigenvalue weighted by Crippen LogP contribution is -2.28. The molecular weight excluding hydrogens is 122 g/mol. The zero-order chi connectivity index (χ0) is 7.40. The molecule has 1 atom stereocenters. The van der Waals surface area contributed by atoms with Crippen LogP contribution >= 0.6 is 0 Å². The Balaban J connectivity index is 2.42. The second-order valence-electron chi connectivity index (χ2n) is 2.72. The lowest BCUT2D eigenvalue weighted by atomic mass is 10.2. The van der Waals surface area contributed by atoms with E-state index in [1.54, 1.807) is 0 Å². The third-order valence-electron chi connectivity index (χ3n) is 2.00. The number of hydrogen-bond acceptors (Lipinski definition) is 1. The second-order valence-corrected chi connectivity index (χ2v) is 2.72. The first-order valence-electron chi connectivity index (χ1n) is 3.93. The monoisotopic (exact) mass is 137 g/mol. The Kier molecular flexibility index (Phi) is 2.55. The molecule has 10 heavy (non-hydrogen) atoms. The van der Waals surface area contributed by atoms with Crippen molar-refractivity contribution in [3.8, 4) is 0 Å². The van der Waals surface area contributed by atoms with E-state index in [1.807, 2.05) is 0 Å². The molecule has 56 valence electrons. The van der Waals surface area contributed by atoms with E-state index in [1.165, 1.54) is 6.42 Å². The van der Waals surface area contributed by atoms with Crippen molar-refractivity contribution in [2.24, 2.45) is 0 Å². The van der Waals surface area contributed by atoms with Gasteiger partial charge in [-0.05, 0) is 25.6 Å². The summed E-state index contributed by atoms with van der Waals surface area (Å²) >= 11 is 0. The molecule has 0 bridgehead atoms. The fourth-order valence-electron chi connectivity index (χ4n) is 1.04. The van der Waals surface area contributed by atoms with E-state index < -0.39 is 0 Å². The SMILES string of the molecule is CCC(C)N1C=CC=CC1. The summed E-state index contributed by atoms with van der Waals surface area (Å²) in [7, 11) is 0. The van der Waals surface area contributed by atoms with Crippen LogP contribution in [0.1, 0.15) is 20.3 Å². The van der Waals surface area contributed by atoms with Gasteiger partial charge in [-0.15, -0.1) is 0 Å². The predicted octanol–water partition coefficient (Wildman–Crippen LogP) is 2.17. The molecule has 0 aromatic heterocycles. The van der Waals surface area contributed by atoms with E-state index in [2.05, 4.69) is 43.2 Å². The van der Waals surface area contributed by atoms with Crippen LogP contribution in [-0.2, 0) is 0 Å². The minimum absolute atomic E-state index is 0.682. The Hall–Kier alpha value is -0.720. The van der Waals surface area contributed by atoms with Crippen molar-refractivity contribution in [2.45, 2.75) is 26.3 Å². The molecule has 0 N–H and O–H groups in total. The quantitative estimate of drug-likeness (QED) is 0.564. The lowest BCUT2D eigenvalue weighted by molar-refractivity contribution is 0.311. The van der Waals surface area contributed by atoms with E-state index in [-0.39, 0.29) is 0 Å². The van der Waals surface area contributed by atoms with E-state index >= 15 is 0 Å². The summed E-state index contributed by atoms with van der Waals surface area (Å²) in [5.74, 6) is 0. The van der Waals surface area contributed by atoms with E-state index in [4.69, 9.17) is 0 Å². The van der Waals surface area contributed by atoms with Gasteiger partial charge in [0.05, 0.1) is 0 Å². The van der Waals surface area contributed by atoms with E-state index in [0.29, 0.717) is 6.04 Å². The molecule has 1 nitrogen and oxygen atoms in total. The summed E-state index contributed by atoms with van der Waals surface area (Å²) in [5, 5.41) is 0. The van der Waals surface area contributed by atoms with Gasteiger partial charge in [-0.3, -0.25) is 0 Å². The van der Waals surface area contributed by atoms with Gasteiger partial charge >= 0.3 is 0 Å². The smallest absolute Gasteiger partial charge is 0.0360 e. The number of nitrogens with zero attached hydrogens (tertiary/aromatic N) is 1. The summed E-state index contributed by atoms with van der Waals surface area (Å²) in [6.45, 7) is 5.55. The summed E-state index contributed by atoms with van der Waals surface area (Å²) < 4.78 is 0. The summed E-state index contributed by atoms with van der Waals surface area (Å²) in [5.41, 5.74) is 0. The number of hydrogen-bond donors (Lipinski definition) is 0. The molecule has 1 unspecified atom stereocenters. The van der Waals surface area contributed by atoms with Crippen molar-refractivity contribution in [3.63, 3.8) is 0 Å². The molecule has 1 heteroatoms. The Morgan fingerprint density at radius 2 is 2.30 bits per heavy atom. The van der Waals surface area contributed by atoms with Gasteiger partial charge in [-0.25, -0.2) is 0 Å². The molecule has 0 radical (unpaired) electrons. The second kappa shape index (κ2) is 3.45. The highest BCUT2D eigenvalue weighted by atomic mass is 15.1. The molecule has 0 fully saturated rings. The van der Waals surface area contributed by atoms with Gasteiger partial charge in [-0.2, -0.15) is 0 Å². The molecule has 0 aliphatic carbocycles. The predicted molar refractivity (Wildman–Crippen MR) is 44.7 cm³/mol. The van der Waals surface area contributed by atoms with Gasteiger partial charge < -0.3 is 4.90 Å². The maximum absolute atomic E-state index is 2.35. The molecule has 1 rings (SSSR count). The van der Waals surface area contributed by atoms with Gasteiger partial charge in [0.25, 0.3) is 0 Å². The van der Waals surface area contributed by atoms with Crippen molar-refractivity contribution in [1.82, 2.24) is 4.90 Å². The molecule has 0 aromatic carbocycles. The Morgan fingerprint density at radius 3 is 2.80 bits per heavy atom. The first-order valence-corrected chi connectivity index (χ1v) is 3.93.